The van der Waals surface area contributed by atoms with Crippen LogP contribution >= 0.6 is 0 Å². The van der Waals surface area contributed by atoms with Crippen LogP contribution in [0, 0.1) is 5.82 Å². The number of methoxy groups -OCH3 is 1. The van der Waals surface area contributed by atoms with Crippen molar-refractivity contribution in [1.82, 2.24) is 4.72 Å². The lowest BCUT2D eigenvalue weighted by Crippen LogP contribution is -2.40. The smallest absolute Gasteiger partial charge is 0.240 e. The molecule has 1 saturated carbocycles. The zero-order chi connectivity index (χ0) is 14.8. The van der Waals surface area contributed by atoms with Crippen molar-refractivity contribution in [3.8, 4) is 0 Å². The van der Waals surface area contributed by atoms with Crippen LogP contribution < -0.4 is 10.5 Å². The summed E-state index contributed by atoms with van der Waals surface area (Å²) in [7, 11) is -2.12. The molecule has 2 unspecified atom stereocenters. The first-order valence-electron chi connectivity index (χ1n) is 6.51. The van der Waals surface area contributed by atoms with Gasteiger partial charge in [0.05, 0.1) is 11.0 Å². The Kier molecular flexibility index (Phi) is 4.74. The summed E-state index contributed by atoms with van der Waals surface area (Å²) in [6.45, 7) is -0.0423. The number of hydrogen-bond acceptors (Lipinski definition) is 4. The number of rotatable bonds is 5. The number of nitrogens with one attached hydrogen (secondary N) is 1. The topological polar surface area (TPSA) is 81.4 Å². The molecule has 0 bridgehead atoms. The first kappa shape index (κ1) is 15.4. The Hall–Kier alpha value is -1.02. The zero-order valence-electron chi connectivity index (χ0n) is 11.3. The Labute approximate surface area is 118 Å². The summed E-state index contributed by atoms with van der Waals surface area (Å²) in [5.41, 5.74) is 5.58. The van der Waals surface area contributed by atoms with E-state index in [-0.39, 0.29) is 29.1 Å². The second-order valence-corrected chi connectivity index (χ2v) is 6.60. The molecule has 2 atom stereocenters. The quantitative estimate of drug-likeness (QED) is 0.854. The van der Waals surface area contributed by atoms with Gasteiger partial charge < -0.3 is 10.5 Å². The highest BCUT2D eigenvalue weighted by Gasteiger charge is 2.31. The van der Waals surface area contributed by atoms with E-state index in [4.69, 9.17) is 10.5 Å². The van der Waals surface area contributed by atoms with Crippen LogP contribution in [0.4, 0.5) is 4.39 Å². The third kappa shape index (κ3) is 3.17. The molecule has 1 aliphatic carbocycles. The number of hydrogen-bond donors (Lipinski definition) is 2. The van der Waals surface area contributed by atoms with Gasteiger partial charge in [-0.1, -0.05) is 0 Å². The molecule has 3 N–H and O–H groups in total. The van der Waals surface area contributed by atoms with Crippen LogP contribution in [0.2, 0.25) is 0 Å². The first-order chi connectivity index (χ1) is 9.47. The Morgan fingerprint density at radius 1 is 1.45 bits per heavy atom. The van der Waals surface area contributed by atoms with Gasteiger partial charge in [-0.15, -0.1) is 0 Å². The molecule has 1 aliphatic rings. The second kappa shape index (κ2) is 6.17. The minimum atomic E-state index is -3.69. The van der Waals surface area contributed by atoms with Crippen molar-refractivity contribution in [1.29, 1.82) is 0 Å². The van der Waals surface area contributed by atoms with E-state index in [9.17, 15) is 12.8 Å². The highest BCUT2D eigenvalue weighted by molar-refractivity contribution is 7.89. The maximum absolute atomic E-state index is 13.4. The largest absolute Gasteiger partial charge is 0.380 e. The zero-order valence-corrected chi connectivity index (χ0v) is 12.1. The first-order valence-corrected chi connectivity index (χ1v) is 8.00. The van der Waals surface area contributed by atoms with Gasteiger partial charge in [-0.2, -0.15) is 0 Å². The van der Waals surface area contributed by atoms with Gasteiger partial charge >= 0.3 is 0 Å². The molecular weight excluding hydrogens is 283 g/mol. The van der Waals surface area contributed by atoms with E-state index in [1.54, 1.807) is 7.11 Å². The number of sulfonamides is 1. The van der Waals surface area contributed by atoms with E-state index in [2.05, 4.69) is 4.72 Å². The molecule has 0 amide bonds. The van der Waals surface area contributed by atoms with Gasteiger partial charge in [0, 0.05) is 25.3 Å². The summed E-state index contributed by atoms with van der Waals surface area (Å²) < 4.78 is 45.9. The van der Waals surface area contributed by atoms with Crippen molar-refractivity contribution >= 4 is 10.0 Å². The van der Waals surface area contributed by atoms with Gasteiger partial charge in [0.2, 0.25) is 10.0 Å². The third-order valence-corrected chi connectivity index (χ3v) is 5.10. The molecule has 20 heavy (non-hydrogen) atoms. The second-order valence-electron chi connectivity index (χ2n) is 4.89. The summed E-state index contributed by atoms with van der Waals surface area (Å²) in [6.07, 6.45) is 2.38. The summed E-state index contributed by atoms with van der Waals surface area (Å²) >= 11 is 0. The number of nitrogens with two attached hydrogens (primary N) is 1. The van der Waals surface area contributed by atoms with Crippen LogP contribution in [0.25, 0.3) is 0 Å². The monoisotopic (exact) mass is 302 g/mol. The highest BCUT2D eigenvalue weighted by atomic mass is 32.2. The van der Waals surface area contributed by atoms with Crippen LogP contribution in [0.5, 0.6) is 0 Å². The van der Waals surface area contributed by atoms with Crippen LogP contribution in [0.15, 0.2) is 23.1 Å². The van der Waals surface area contributed by atoms with Gasteiger partial charge in [-0.05, 0) is 37.5 Å². The maximum Gasteiger partial charge on any atom is 0.240 e. The molecule has 1 aromatic rings. The molecule has 0 aliphatic heterocycles. The predicted molar refractivity (Wildman–Crippen MR) is 73.0 cm³/mol. The van der Waals surface area contributed by atoms with Crippen molar-refractivity contribution in [2.24, 2.45) is 5.73 Å². The van der Waals surface area contributed by atoms with Crippen molar-refractivity contribution in [2.45, 2.75) is 42.8 Å². The van der Waals surface area contributed by atoms with E-state index in [0.29, 0.717) is 0 Å². The van der Waals surface area contributed by atoms with Gasteiger partial charge in [0.1, 0.15) is 5.82 Å². The lowest BCUT2D eigenvalue weighted by Gasteiger charge is -2.19. The standard InChI is InChI=1S/C13H19FN2O3S/c1-19-13-4-2-3-12(13)16-20(17,18)10-5-6-11(14)9(7-10)8-15/h5-7,12-13,16H,2-4,8,15H2,1H3. The molecule has 0 radical (unpaired) electrons. The minimum Gasteiger partial charge on any atom is -0.380 e. The van der Waals surface area contributed by atoms with E-state index in [1.165, 1.54) is 12.1 Å². The normalized spacial score (nSPS) is 23.1. The van der Waals surface area contributed by atoms with Crippen LogP contribution in [0.3, 0.4) is 0 Å². The van der Waals surface area contributed by atoms with Crippen LogP contribution in [-0.2, 0) is 21.3 Å². The molecule has 0 aromatic heterocycles. The molecule has 0 heterocycles. The predicted octanol–water partition coefficient (Wildman–Crippen LogP) is 1.13. The molecule has 0 saturated heterocycles. The molecule has 7 heteroatoms. The van der Waals surface area contributed by atoms with Crippen molar-refractivity contribution < 1.29 is 17.5 Å². The number of ether oxygens (including phenoxy) is 1. The Morgan fingerprint density at radius 2 is 2.20 bits per heavy atom. The summed E-state index contributed by atoms with van der Waals surface area (Å²) in [4.78, 5) is 0.0288. The average molecular weight is 302 g/mol. The molecule has 0 spiro atoms. The number of benzene rings is 1. The summed E-state index contributed by atoms with van der Waals surface area (Å²) in [5.74, 6) is -0.498. The van der Waals surface area contributed by atoms with Crippen LogP contribution in [-0.4, -0.2) is 27.7 Å². The highest BCUT2D eigenvalue weighted by Crippen LogP contribution is 2.24. The fourth-order valence-electron chi connectivity index (χ4n) is 2.48. The van der Waals surface area contributed by atoms with Crippen molar-refractivity contribution in [2.75, 3.05) is 7.11 Å². The van der Waals surface area contributed by atoms with E-state index < -0.39 is 15.8 Å². The molecule has 1 fully saturated rings. The van der Waals surface area contributed by atoms with E-state index in [0.717, 1.165) is 25.3 Å². The molecule has 2 rings (SSSR count). The summed E-state index contributed by atoms with van der Waals surface area (Å²) in [5, 5.41) is 0. The Morgan fingerprint density at radius 3 is 2.85 bits per heavy atom. The van der Waals surface area contributed by atoms with E-state index in [1.807, 2.05) is 0 Å². The van der Waals surface area contributed by atoms with Gasteiger partial charge in [-0.3, -0.25) is 0 Å². The maximum atomic E-state index is 13.4. The Bertz CT molecular complexity index is 577. The SMILES string of the molecule is COC1CCCC1NS(=O)(=O)c1ccc(F)c(CN)c1. The fraction of sp³-hybridized carbons (Fsp3) is 0.538. The number of halogens is 1. The van der Waals surface area contributed by atoms with Gasteiger partial charge in [0.25, 0.3) is 0 Å². The average Bonchev–Trinajstić information content (AvgIpc) is 2.85. The molecular formula is C13H19FN2O3S. The minimum absolute atomic E-state index is 0.0288. The van der Waals surface area contributed by atoms with Gasteiger partial charge in [0.15, 0.2) is 0 Å². The Balaban J connectivity index is 2.22. The van der Waals surface area contributed by atoms with Crippen molar-refractivity contribution in [3.05, 3.63) is 29.6 Å². The lowest BCUT2D eigenvalue weighted by atomic mass is 10.2. The lowest BCUT2D eigenvalue weighted by molar-refractivity contribution is 0.0916. The van der Waals surface area contributed by atoms with Gasteiger partial charge in [-0.25, -0.2) is 17.5 Å². The molecule has 1 aromatic carbocycles. The fourth-order valence-corrected chi connectivity index (χ4v) is 3.83. The summed E-state index contributed by atoms with van der Waals surface area (Å²) in [6, 6.07) is 3.40. The van der Waals surface area contributed by atoms with E-state index >= 15 is 0 Å². The van der Waals surface area contributed by atoms with Crippen molar-refractivity contribution in [3.63, 3.8) is 0 Å². The van der Waals surface area contributed by atoms with Crippen LogP contribution in [0.1, 0.15) is 24.8 Å². The third-order valence-electron chi connectivity index (χ3n) is 3.61. The molecule has 5 nitrogen and oxygen atoms in total. The molecule has 112 valence electrons.